The molecular formula is C19H20Cl2N2O4S. The molecular weight excluding hydrogens is 423 g/mol. The molecule has 1 aliphatic heterocycles. The van der Waals surface area contributed by atoms with E-state index in [0.717, 1.165) is 5.56 Å². The zero-order valence-corrected chi connectivity index (χ0v) is 17.6. The van der Waals surface area contributed by atoms with Crippen LogP contribution in [0.2, 0.25) is 10.0 Å². The van der Waals surface area contributed by atoms with Crippen LogP contribution in [0.4, 0.5) is 0 Å². The molecule has 2 aromatic rings. The lowest BCUT2D eigenvalue weighted by atomic mass is 10.1. The summed E-state index contributed by atoms with van der Waals surface area (Å²) in [6, 6.07) is 11.5. The molecule has 0 unspecified atom stereocenters. The summed E-state index contributed by atoms with van der Waals surface area (Å²) >= 11 is 12.3. The Balaban J connectivity index is 1.86. The summed E-state index contributed by atoms with van der Waals surface area (Å²) in [6.45, 7) is 1.46. The quantitative estimate of drug-likeness (QED) is 0.712. The zero-order chi connectivity index (χ0) is 20.3. The highest BCUT2D eigenvalue weighted by Gasteiger charge is 2.29. The van der Waals surface area contributed by atoms with Gasteiger partial charge < -0.3 is 9.64 Å². The average molecular weight is 443 g/mol. The molecule has 0 saturated carbocycles. The normalized spacial score (nSPS) is 15.4. The van der Waals surface area contributed by atoms with Crippen molar-refractivity contribution in [3.8, 4) is 0 Å². The van der Waals surface area contributed by atoms with E-state index in [9.17, 15) is 13.2 Å². The van der Waals surface area contributed by atoms with Crippen LogP contribution < -0.4 is 0 Å². The molecule has 0 N–H and O–H groups in total. The van der Waals surface area contributed by atoms with Crippen LogP contribution in [-0.2, 0) is 21.3 Å². The monoisotopic (exact) mass is 442 g/mol. The molecule has 1 amide bonds. The predicted molar refractivity (Wildman–Crippen MR) is 108 cm³/mol. The van der Waals surface area contributed by atoms with Gasteiger partial charge in [0.25, 0.3) is 5.91 Å². The highest BCUT2D eigenvalue weighted by molar-refractivity contribution is 7.89. The van der Waals surface area contributed by atoms with Gasteiger partial charge in [-0.3, -0.25) is 4.79 Å². The van der Waals surface area contributed by atoms with Gasteiger partial charge in [0.2, 0.25) is 10.0 Å². The number of amides is 1. The SMILES string of the molecule is CN(Cc1ccccc1Cl)C(=O)c1ccc(Cl)c(S(=O)(=O)N2CCOCC2)c1. The molecule has 0 aromatic heterocycles. The molecule has 0 radical (unpaired) electrons. The van der Waals surface area contributed by atoms with Gasteiger partial charge in [-0.15, -0.1) is 0 Å². The molecule has 9 heteroatoms. The summed E-state index contributed by atoms with van der Waals surface area (Å²) in [5, 5.41) is 0.644. The Bertz CT molecular complexity index is 976. The van der Waals surface area contributed by atoms with Crippen molar-refractivity contribution in [2.75, 3.05) is 33.4 Å². The second-order valence-electron chi connectivity index (χ2n) is 6.41. The fourth-order valence-electron chi connectivity index (χ4n) is 2.93. The molecule has 28 heavy (non-hydrogen) atoms. The van der Waals surface area contributed by atoms with Crippen LogP contribution in [0.5, 0.6) is 0 Å². The van der Waals surface area contributed by atoms with Crippen LogP contribution in [0.1, 0.15) is 15.9 Å². The number of sulfonamides is 1. The van der Waals surface area contributed by atoms with Crippen molar-refractivity contribution in [1.82, 2.24) is 9.21 Å². The van der Waals surface area contributed by atoms with E-state index in [4.69, 9.17) is 27.9 Å². The zero-order valence-electron chi connectivity index (χ0n) is 15.3. The Hall–Kier alpha value is -1.64. The number of hydrogen-bond donors (Lipinski definition) is 0. The maximum Gasteiger partial charge on any atom is 0.253 e. The lowest BCUT2D eigenvalue weighted by Gasteiger charge is -2.26. The third-order valence-corrected chi connectivity index (χ3v) is 7.23. The van der Waals surface area contributed by atoms with Crippen LogP contribution in [0.15, 0.2) is 47.4 Å². The predicted octanol–water partition coefficient (Wildman–Crippen LogP) is 3.29. The minimum Gasteiger partial charge on any atom is -0.379 e. The van der Waals surface area contributed by atoms with Gasteiger partial charge in [0.05, 0.1) is 18.2 Å². The van der Waals surface area contributed by atoms with Crippen LogP contribution in [0.25, 0.3) is 0 Å². The number of benzene rings is 2. The Morgan fingerprint density at radius 3 is 2.46 bits per heavy atom. The van der Waals surface area contributed by atoms with Gasteiger partial charge in [-0.1, -0.05) is 41.4 Å². The Labute approximate surface area is 174 Å². The first-order valence-electron chi connectivity index (χ1n) is 8.67. The number of carbonyl (C=O) groups excluding carboxylic acids is 1. The third kappa shape index (κ3) is 4.50. The minimum atomic E-state index is -3.81. The van der Waals surface area contributed by atoms with Crippen molar-refractivity contribution in [3.63, 3.8) is 0 Å². The molecule has 150 valence electrons. The van der Waals surface area contributed by atoms with Gasteiger partial charge in [-0.05, 0) is 29.8 Å². The van der Waals surface area contributed by atoms with Crippen LogP contribution in [-0.4, -0.2) is 56.9 Å². The number of carbonyl (C=O) groups is 1. The number of rotatable bonds is 5. The lowest BCUT2D eigenvalue weighted by Crippen LogP contribution is -2.40. The second-order valence-corrected chi connectivity index (χ2v) is 9.14. The van der Waals surface area contributed by atoms with E-state index in [-0.39, 0.29) is 34.5 Å². The first-order chi connectivity index (χ1) is 13.3. The van der Waals surface area contributed by atoms with Crippen molar-refractivity contribution >= 4 is 39.1 Å². The Morgan fingerprint density at radius 1 is 1.11 bits per heavy atom. The first-order valence-corrected chi connectivity index (χ1v) is 10.9. The van der Waals surface area contributed by atoms with Gasteiger partial charge in [0.1, 0.15) is 4.90 Å². The molecule has 1 aliphatic rings. The summed E-state index contributed by atoms with van der Waals surface area (Å²) < 4.78 is 32.4. The van der Waals surface area contributed by atoms with Crippen LogP contribution in [0.3, 0.4) is 0 Å². The van der Waals surface area contributed by atoms with E-state index in [2.05, 4.69) is 0 Å². The molecule has 0 spiro atoms. The minimum absolute atomic E-state index is 0.0759. The van der Waals surface area contributed by atoms with Gasteiger partial charge in [-0.2, -0.15) is 4.31 Å². The largest absolute Gasteiger partial charge is 0.379 e. The van der Waals surface area contributed by atoms with E-state index in [1.165, 1.54) is 27.4 Å². The van der Waals surface area contributed by atoms with Crippen molar-refractivity contribution in [1.29, 1.82) is 0 Å². The number of nitrogens with zero attached hydrogens (tertiary/aromatic N) is 2. The average Bonchev–Trinajstić information content (AvgIpc) is 2.70. The molecule has 1 fully saturated rings. The van der Waals surface area contributed by atoms with E-state index in [0.29, 0.717) is 24.8 Å². The molecule has 2 aromatic carbocycles. The van der Waals surface area contributed by atoms with Crippen molar-refractivity contribution in [2.24, 2.45) is 0 Å². The first kappa shape index (κ1) is 21.1. The topological polar surface area (TPSA) is 66.9 Å². The third-order valence-electron chi connectivity index (χ3n) is 4.48. The maximum absolute atomic E-state index is 12.9. The molecule has 1 saturated heterocycles. The highest BCUT2D eigenvalue weighted by atomic mass is 35.5. The van der Waals surface area contributed by atoms with Crippen molar-refractivity contribution in [3.05, 3.63) is 63.6 Å². The Kier molecular flexibility index (Phi) is 6.62. The van der Waals surface area contributed by atoms with E-state index in [1.54, 1.807) is 13.1 Å². The van der Waals surface area contributed by atoms with E-state index in [1.807, 2.05) is 18.2 Å². The standard InChI is InChI=1S/C19H20Cl2N2O4S/c1-22(13-15-4-2-3-5-16(15)20)19(24)14-6-7-17(21)18(12-14)28(25,26)23-8-10-27-11-9-23/h2-7,12H,8-11,13H2,1H3. The van der Waals surface area contributed by atoms with Gasteiger partial charge in [0.15, 0.2) is 0 Å². The van der Waals surface area contributed by atoms with E-state index < -0.39 is 10.0 Å². The fourth-order valence-corrected chi connectivity index (χ4v) is 5.04. The fraction of sp³-hybridized carbons (Fsp3) is 0.316. The summed E-state index contributed by atoms with van der Waals surface area (Å²) in [7, 11) is -2.18. The number of morpholine rings is 1. The number of hydrogen-bond acceptors (Lipinski definition) is 4. The van der Waals surface area contributed by atoms with Crippen molar-refractivity contribution < 1.29 is 17.9 Å². The molecule has 3 rings (SSSR count). The Morgan fingerprint density at radius 2 is 1.79 bits per heavy atom. The summed E-state index contributed by atoms with van der Waals surface area (Å²) in [5.74, 6) is -0.324. The summed E-state index contributed by atoms with van der Waals surface area (Å²) in [5.41, 5.74) is 1.04. The smallest absolute Gasteiger partial charge is 0.253 e. The van der Waals surface area contributed by atoms with Gasteiger partial charge in [-0.25, -0.2) is 8.42 Å². The van der Waals surface area contributed by atoms with Crippen LogP contribution in [0, 0.1) is 0 Å². The summed E-state index contributed by atoms with van der Waals surface area (Å²) in [4.78, 5) is 14.2. The number of ether oxygens (including phenoxy) is 1. The molecule has 0 bridgehead atoms. The lowest BCUT2D eigenvalue weighted by molar-refractivity contribution is 0.0730. The molecule has 0 atom stereocenters. The van der Waals surface area contributed by atoms with Gasteiger partial charge >= 0.3 is 0 Å². The molecule has 1 heterocycles. The summed E-state index contributed by atoms with van der Waals surface area (Å²) in [6.07, 6.45) is 0. The molecule has 6 nitrogen and oxygen atoms in total. The number of halogens is 2. The molecule has 0 aliphatic carbocycles. The highest BCUT2D eigenvalue weighted by Crippen LogP contribution is 2.27. The second kappa shape index (κ2) is 8.80. The maximum atomic E-state index is 12.9. The van der Waals surface area contributed by atoms with Crippen molar-refractivity contribution in [2.45, 2.75) is 11.4 Å². The van der Waals surface area contributed by atoms with Crippen LogP contribution >= 0.6 is 23.2 Å². The van der Waals surface area contributed by atoms with E-state index >= 15 is 0 Å². The van der Waals surface area contributed by atoms with Gasteiger partial charge in [0, 0.05) is 37.3 Å².